The number of nitrogens with two attached hydrogens (primary N) is 1. The SMILES string of the molecule is CON.[CH2-]N1CCC(c2ccccc2)(c2nnn(C)n2)C(C)C1.[W]. The Hall–Kier alpha value is -1.14. The molecule has 7 nitrogen and oxygen atoms in total. The molecule has 2 aromatic rings. The van der Waals surface area contributed by atoms with Crippen LogP contribution in [-0.2, 0) is 38.4 Å². The van der Waals surface area contributed by atoms with Crippen molar-refractivity contribution in [2.45, 2.75) is 18.8 Å². The molecule has 0 spiro atoms. The third-order valence-corrected chi connectivity index (χ3v) is 4.39. The van der Waals surface area contributed by atoms with Crippen LogP contribution in [0.5, 0.6) is 0 Å². The van der Waals surface area contributed by atoms with Gasteiger partial charge in [-0.25, -0.2) is 5.90 Å². The molecule has 24 heavy (non-hydrogen) atoms. The number of piperidine rings is 1. The summed E-state index contributed by atoms with van der Waals surface area (Å²) in [4.78, 5) is 7.42. The molecule has 1 saturated heterocycles. The summed E-state index contributed by atoms with van der Waals surface area (Å²) in [5.41, 5.74) is 1.11. The first-order chi connectivity index (χ1) is 11.0. The van der Waals surface area contributed by atoms with E-state index in [2.05, 4.69) is 69.3 Å². The second kappa shape index (κ2) is 9.37. The quantitative estimate of drug-likeness (QED) is 0.491. The van der Waals surface area contributed by atoms with Crippen molar-refractivity contribution < 1.29 is 25.9 Å². The zero-order chi connectivity index (χ0) is 16.9. The van der Waals surface area contributed by atoms with E-state index in [0.29, 0.717) is 5.92 Å². The number of aryl methyl sites for hydroxylation is 1. The van der Waals surface area contributed by atoms with Crippen LogP contribution in [-0.4, -0.2) is 45.3 Å². The predicted molar refractivity (Wildman–Crippen MR) is 87.9 cm³/mol. The van der Waals surface area contributed by atoms with Gasteiger partial charge >= 0.3 is 0 Å². The largest absolute Gasteiger partial charge is 0.459 e. The molecule has 8 heteroatoms. The van der Waals surface area contributed by atoms with Crippen molar-refractivity contribution >= 4 is 0 Å². The standard InChI is InChI=1S/C15H20N5.CH5NO.W/c1-12-11-19(2)10-9-15(12,13-7-5-4-6-8-13)14-16-18-20(3)17-14;1-3-2;/h4-8,12H,2,9-11H2,1,3H3;2H2,1H3;/q-1;;. The minimum atomic E-state index is -0.163. The van der Waals surface area contributed by atoms with Crippen molar-refractivity contribution in [3.05, 3.63) is 48.8 Å². The normalized spacial score (nSPS) is 23.8. The molecule has 0 bridgehead atoms. The Labute approximate surface area is 157 Å². The minimum absolute atomic E-state index is 0. The zero-order valence-electron chi connectivity index (χ0n) is 14.4. The third-order valence-electron chi connectivity index (χ3n) is 4.39. The maximum atomic E-state index is 4.51. The van der Waals surface area contributed by atoms with Crippen LogP contribution in [0.25, 0.3) is 0 Å². The van der Waals surface area contributed by atoms with Gasteiger partial charge in [-0.3, -0.25) is 7.05 Å². The number of likely N-dealkylation sites (tertiary alicyclic amines) is 1. The van der Waals surface area contributed by atoms with Gasteiger partial charge in [0.05, 0.1) is 19.6 Å². The van der Waals surface area contributed by atoms with Crippen molar-refractivity contribution in [1.82, 2.24) is 25.1 Å². The van der Waals surface area contributed by atoms with Crippen LogP contribution in [0.15, 0.2) is 30.3 Å². The molecule has 132 valence electrons. The summed E-state index contributed by atoms with van der Waals surface area (Å²) in [6.07, 6.45) is 0.966. The molecule has 3 rings (SSSR count). The number of rotatable bonds is 2. The van der Waals surface area contributed by atoms with Crippen LogP contribution in [0.2, 0.25) is 0 Å². The van der Waals surface area contributed by atoms with E-state index in [-0.39, 0.29) is 26.5 Å². The number of aromatic nitrogens is 4. The van der Waals surface area contributed by atoms with E-state index < -0.39 is 0 Å². The average Bonchev–Trinajstić information content (AvgIpc) is 2.96. The first kappa shape index (κ1) is 20.9. The van der Waals surface area contributed by atoms with Crippen LogP contribution in [0.4, 0.5) is 0 Å². The van der Waals surface area contributed by atoms with Crippen molar-refractivity contribution in [2.24, 2.45) is 18.9 Å². The maximum absolute atomic E-state index is 4.51. The second-order valence-corrected chi connectivity index (χ2v) is 5.90. The van der Waals surface area contributed by atoms with Crippen LogP contribution in [0, 0.1) is 13.0 Å². The van der Waals surface area contributed by atoms with Gasteiger partial charge in [-0.2, -0.15) is 4.80 Å². The van der Waals surface area contributed by atoms with Gasteiger partial charge in [-0.05, 0) is 36.2 Å². The smallest absolute Gasteiger partial charge is 0.185 e. The number of nitrogens with zero attached hydrogens (tertiary/aromatic N) is 5. The Bertz CT molecular complexity index is 608. The molecule has 2 unspecified atom stereocenters. The summed E-state index contributed by atoms with van der Waals surface area (Å²) in [5.74, 6) is 5.56. The van der Waals surface area contributed by atoms with Gasteiger partial charge < -0.3 is 9.74 Å². The van der Waals surface area contributed by atoms with Crippen LogP contribution in [0.1, 0.15) is 24.7 Å². The summed E-state index contributed by atoms with van der Waals surface area (Å²) in [5, 5.41) is 12.9. The fraction of sp³-hybridized carbons (Fsp3) is 0.500. The third kappa shape index (κ3) is 4.28. The minimum Gasteiger partial charge on any atom is -0.459 e. The Balaban J connectivity index is 0.000000671. The first-order valence-corrected chi connectivity index (χ1v) is 7.63. The fourth-order valence-electron chi connectivity index (χ4n) is 3.30. The van der Waals surface area contributed by atoms with Crippen molar-refractivity contribution in [1.29, 1.82) is 0 Å². The summed E-state index contributed by atoms with van der Waals surface area (Å²) >= 11 is 0. The topological polar surface area (TPSA) is 82.1 Å². The molecular formula is C16H25N6OW-. The van der Waals surface area contributed by atoms with Crippen LogP contribution in [0.3, 0.4) is 0 Å². The van der Waals surface area contributed by atoms with Gasteiger partial charge in [-0.1, -0.05) is 37.3 Å². The molecule has 0 radical (unpaired) electrons. The van der Waals surface area contributed by atoms with Gasteiger partial charge in [0.15, 0.2) is 5.82 Å². The monoisotopic (exact) mass is 501 g/mol. The summed E-state index contributed by atoms with van der Waals surface area (Å²) in [6.45, 7) is 4.13. The summed E-state index contributed by atoms with van der Waals surface area (Å²) < 4.78 is 0. The van der Waals surface area contributed by atoms with E-state index in [9.17, 15) is 0 Å². The number of hydrogen-bond donors (Lipinski definition) is 1. The number of hydrogen-bond acceptors (Lipinski definition) is 6. The molecule has 0 saturated carbocycles. The molecule has 1 fully saturated rings. The van der Waals surface area contributed by atoms with Crippen molar-refractivity contribution in [3.63, 3.8) is 0 Å². The van der Waals surface area contributed by atoms with E-state index in [4.69, 9.17) is 0 Å². The molecule has 1 aromatic heterocycles. The Kier molecular flexibility index (Phi) is 8.16. The van der Waals surface area contributed by atoms with E-state index in [0.717, 1.165) is 25.3 Å². The van der Waals surface area contributed by atoms with Crippen LogP contribution < -0.4 is 5.90 Å². The summed E-state index contributed by atoms with van der Waals surface area (Å²) in [6, 6.07) is 10.5. The maximum Gasteiger partial charge on any atom is 0.185 e. The zero-order valence-corrected chi connectivity index (χ0v) is 17.4. The van der Waals surface area contributed by atoms with E-state index in [1.54, 1.807) is 4.80 Å². The molecule has 2 heterocycles. The molecule has 1 aromatic carbocycles. The van der Waals surface area contributed by atoms with Gasteiger partial charge in [0.1, 0.15) is 0 Å². The van der Waals surface area contributed by atoms with Gasteiger partial charge in [0, 0.05) is 21.1 Å². The molecule has 2 atom stereocenters. The Morgan fingerprint density at radius 1 is 1.33 bits per heavy atom. The molecule has 2 N–H and O–H groups in total. The first-order valence-electron chi connectivity index (χ1n) is 7.63. The number of benzene rings is 1. The van der Waals surface area contributed by atoms with Gasteiger partial charge in [-0.15, -0.1) is 10.2 Å². The molecule has 0 amide bonds. The van der Waals surface area contributed by atoms with E-state index >= 15 is 0 Å². The molecule has 0 aliphatic carbocycles. The van der Waals surface area contributed by atoms with E-state index in [1.165, 1.54) is 12.7 Å². The van der Waals surface area contributed by atoms with Gasteiger partial charge in [0.2, 0.25) is 0 Å². The van der Waals surface area contributed by atoms with Gasteiger partial charge in [0.25, 0.3) is 0 Å². The predicted octanol–water partition coefficient (Wildman–Crippen LogP) is 1.13. The fourth-order valence-corrected chi connectivity index (χ4v) is 3.30. The molecule has 1 aliphatic rings. The van der Waals surface area contributed by atoms with E-state index in [1.807, 2.05) is 13.1 Å². The molecular weight excluding hydrogens is 476 g/mol. The van der Waals surface area contributed by atoms with Crippen LogP contribution >= 0.6 is 0 Å². The number of tetrazole rings is 1. The second-order valence-electron chi connectivity index (χ2n) is 5.90. The van der Waals surface area contributed by atoms with Crippen molar-refractivity contribution in [3.8, 4) is 0 Å². The Morgan fingerprint density at radius 3 is 2.46 bits per heavy atom. The average molecular weight is 501 g/mol. The Morgan fingerprint density at radius 2 is 1.96 bits per heavy atom. The van der Waals surface area contributed by atoms with Crippen molar-refractivity contribution in [2.75, 3.05) is 20.2 Å². The summed E-state index contributed by atoms with van der Waals surface area (Å²) in [7, 11) is 7.30. The molecule has 1 aliphatic heterocycles.